The minimum Gasteiger partial charge on any atom is -0.329 e. The second-order valence-corrected chi connectivity index (χ2v) is 5.69. The van der Waals surface area contributed by atoms with E-state index in [2.05, 4.69) is 65.0 Å². The largest absolute Gasteiger partial charge is 0.329 e. The summed E-state index contributed by atoms with van der Waals surface area (Å²) in [5, 5.41) is 0. The Labute approximate surface area is 143 Å². The van der Waals surface area contributed by atoms with E-state index in [9.17, 15) is 0 Å². The molecule has 1 heterocycles. The second kappa shape index (κ2) is 7.13. The highest BCUT2D eigenvalue weighted by atomic mass is 15.3. The van der Waals surface area contributed by atoms with E-state index in [0.717, 1.165) is 23.7 Å². The van der Waals surface area contributed by atoms with Gasteiger partial charge in [0.15, 0.2) is 0 Å². The van der Waals surface area contributed by atoms with E-state index in [1.54, 1.807) is 0 Å². The predicted molar refractivity (Wildman–Crippen MR) is 100 cm³/mol. The summed E-state index contributed by atoms with van der Waals surface area (Å²) in [5.74, 6) is 1.58. The van der Waals surface area contributed by atoms with Crippen LogP contribution in [0.3, 0.4) is 0 Å². The smallest absolute Gasteiger partial charge is 0.231 e. The fourth-order valence-electron chi connectivity index (χ4n) is 2.68. The monoisotopic (exact) mass is 318 g/mol. The summed E-state index contributed by atoms with van der Waals surface area (Å²) in [6, 6.07) is 20.5. The number of hydrogen-bond acceptors (Lipinski definition) is 4. The van der Waals surface area contributed by atoms with Crippen LogP contribution in [0.2, 0.25) is 0 Å². The maximum atomic E-state index is 4.77. The fraction of sp³-hybridized carbons (Fsp3) is 0.200. The third-order valence-corrected chi connectivity index (χ3v) is 3.99. The predicted octanol–water partition coefficient (Wildman–Crippen LogP) is 4.71. The summed E-state index contributed by atoms with van der Waals surface area (Å²) in [4.78, 5) is 13.4. The SMILES string of the molecule is CCN(c1cccc(C)c1)c1nccc(N(C)c2ccccc2)n1. The van der Waals surface area contributed by atoms with Gasteiger partial charge in [-0.3, -0.25) is 0 Å². The van der Waals surface area contributed by atoms with Crippen molar-refractivity contribution < 1.29 is 0 Å². The van der Waals surface area contributed by atoms with Crippen LogP contribution in [0.4, 0.5) is 23.1 Å². The van der Waals surface area contributed by atoms with Crippen LogP contribution in [0.5, 0.6) is 0 Å². The van der Waals surface area contributed by atoms with Crippen molar-refractivity contribution in [2.45, 2.75) is 13.8 Å². The number of benzene rings is 2. The van der Waals surface area contributed by atoms with Gasteiger partial charge in [0.05, 0.1) is 0 Å². The van der Waals surface area contributed by atoms with Crippen molar-refractivity contribution in [3.05, 3.63) is 72.4 Å². The van der Waals surface area contributed by atoms with Crippen molar-refractivity contribution in [1.29, 1.82) is 0 Å². The molecule has 0 fully saturated rings. The number of hydrogen-bond donors (Lipinski definition) is 0. The zero-order valence-corrected chi connectivity index (χ0v) is 14.3. The van der Waals surface area contributed by atoms with Gasteiger partial charge in [0.2, 0.25) is 5.95 Å². The molecule has 4 nitrogen and oxygen atoms in total. The van der Waals surface area contributed by atoms with Gasteiger partial charge in [-0.15, -0.1) is 0 Å². The summed E-state index contributed by atoms with van der Waals surface area (Å²) in [5.41, 5.74) is 3.43. The molecule has 0 N–H and O–H groups in total. The third kappa shape index (κ3) is 3.38. The van der Waals surface area contributed by atoms with E-state index >= 15 is 0 Å². The topological polar surface area (TPSA) is 32.3 Å². The third-order valence-electron chi connectivity index (χ3n) is 3.99. The second-order valence-electron chi connectivity index (χ2n) is 5.69. The Morgan fingerprint density at radius 3 is 2.38 bits per heavy atom. The average Bonchev–Trinajstić information content (AvgIpc) is 2.63. The molecule has 0 unspecified atom stereocenters. The Morgan fingerprint density at radius 1 is 0.917 bits per heavy atom. The first-order valence-electron chi connectivity index (χ1n) is 8.15. The quantitative estimate of drug-likeness (QED) is 0.682. The molecule has 0 aliphatic rings. The molecule has 3 rings (SSSR count). The summed E-state index contributed by atoms with van der Waals surface area (Å²) in [7, 11) is 2.02. The summed E-state index contributed by atoms with van der Waals surface area (Å²) >= 11 is 0. The number of nitrogens with zero attached hydrogens (tertiary/aromatic N) is 4. The Hall–Kier alpha value is -2.88. The molecule has 0 saturated heterocycles. The maximum absolute atomic E-state index is 4.77. The molecule has 4 heteroatoms. The number of aryl methyl sites for hydroxylation is 1. The molecular formula is C20H22N4. The number of para-hydroxylation sites is 1. The Kier molecular flexibility index (Phi) is 4.75. The average molecular weight is 318 g/mol. The van der Waals surface area contributed by atoms with Crippen molar-refractivity contribution in [2.24, 2.45) is 0 Å². The molecule has 0 saturated carbocycles. The zero-order chi connectivity index (χ0) is 16.9. The van der Waals surface area contributed by atoms with Crippen LogP contribution in [0.25, 0.3) is 0 Å². The molecule has 2 aromatic carbocycles. The van der Waals surface area contributed by atoms with Crippen LogP contribution in [0.15, 0.2) is 66.9 Å². The first-order chi connectivity index (χ1) is 11.7. The lowest BCUT2D eigenvalue weighted by atomic mass is 10.2. The van der Waals surface area contributed by atoms with Gasteiger partial charge in [0.25, 0.3) is 0 Å². The lowest BCUT2D eigenvalue weighted by molar-refractivity contribution is 0.937. The van der Waals surface area contributed by atoms with Crippen molar-refractivity contribution in [3.63, 3.8) is 0 Å². The zero-order valence-electron chi connectivity index (χ0n) is 14.3. The molecule has 3 aromatic rings. The van der Waals surface area contributed by atoms with Gasteiger partial charge < -0.3 is 9.80 Å². The molecule has 0 aliphatic heterocycles. The molecule has 0 atom stereocenters. The summed E-state index contributed by atoms with van der Waals surface area (Å²) < 4.78 is 0. The van der Waals surface area contributed by atoms with Crippen LogP contribution >= 0.6 is 0 Å². The van der Waals surface area contributed by atoms with Gasteiger partial charge in [-0.1, -0.05) is 30.3 Å². The number of rotatable bonds is 5. The van der Waals surface area contributed by atoms with E-state index in [1.807, 2.05) is 37.5 Å². The van der Waals surface area contributed by atoms with Gasteiger partial charge >= 0.3 is 0 Å². The summed E-state index contributed by atoms with van der Waals surface area (Å²) in [6.45, 7) is 5.01. The van der Waals surface area contributed by atoms with E-state index in [1.165, 1.54) is 5.56 Å². The molecular weight excluding hydrogens is 296 g/mol. The summed E-state index contributed by atoms with van der Waals surface area (Å²) in [6.07, 6.45) is 1.82. The minimum absolute atomic E-state index is 0.711. The van der Waals surface area contributed by atoms with Gasteiger partial charge in [0, 0.05) is 31.2 Å². The normalized spacial score (nSPS) is 10.5. The van der Waals surface area contributed by atoms with Crippen LogP contribution in [-0.2, 0) is 0 Å². The van der Waals surface area contributed by atoms with E-state index in [0.29, 0.717) is 5.95 Å². The van der Waals surface area contributed by atoms with Crippen LogP contribution in [0.1, 0.15) is 12.5 Å². The number of aromatic nitrogens is 2. The molecule has 0 radical (unpaired) electrons. The Balaban J connectivity index is 1.94. The van der Waals surface area contributed by atoms with Crippen LogP contribution in [-0.4, -0.2) is 23.6 Å². The lowest BCUT2D eigenvalue weighted by Crippen LogP contribution is -2.20. The van der Waals surface area contributed by atoms with Crippen molar-refractivity contribution in [3.8, 4) is 0 Å². The minimum atomic E-state index is 0.711. The molecule has 0 aliphatic carbocycles. The van der Waals surface area contributed by atoms with E-state index < -0.39 is 0 Å². The first-order valence-corrected chi connectivity index (χ1v) is 8.15. The highest BCUT2D eigenvalue weighted by Crippen LogP contribution is 2.26. The van der Waals surface area contributed by atoms with Crippen molar-refractivity contribution >= 4 is 23.1 Å². The maximum Gasteiger partial charge on any atom is 0.231 e. The fourth-order valence-corrected chi connectivity index (χ4v) is 2.68. The van der Waals surface area contributed by atoms with Gasteiger partial charge in [-0.05, 0) is 49.7 Å². The Bertz CT molecular complexity index is 801. The first kappa shape index (κ1) is 16.0. The number of anilines is 4. The highest BCUT2D eigenvalue weighted by molar-refractivity contribution is 5.63. The Morgan fingerprint density at radius 2 is 1.67 bits per heavy atom. The molecule has 24 heavy (non-hydrogen) atoms. The van der Waals surface area contributed by atoms with Gasteiger partial charge in [-0.2, -0.15) is 4.98 Å². The highest BCUT2D eigenvalue weighted by Gasteiger charge is 2.13. The lowest BCUT2D eigenvalue weighted by Gasteiger charge is -2.24. The molecule has 0 spiro atoms. The molecule has 0 amide bonds. The molecule has 122 valence electrons. The van der Waals surface area contributed by atoms with Crippen molar-refractivity contribution in [1.82, 2.24) is 9.97 Å². The van der Waals surface area contributed by atoms with E-state index in [-0.39, 0.29) is 0 Å². The van der Waals surface area contributed by atoms with Gasteiger partial charge in [-0.25, -0.2) is 4.98 Å². The van der Waals surface area contributed by atoms with E-state index in [4.69, 9.17) is 4.98 Å². The van der Waals surface area contributed by atoms with Crippen molar-refractivity contribution in [2.75, 3.05) is 23.4 Å². The standard InChI is InChI=1S/C20H22N4/c1-4-24(18-12-8-9-16(2)15-18)20-21-14-13-19(22-20)23(3)17-10-6-5-7-11-17/h5-15H,4H2,1-3H3. The molecule has 0 bridgehead atoms. The van der Waals surface area contributed by atoms with Crippen LogP contribution < -0.4 is 9.80 Å². The molecule has 1 aromatic heterocycles. The van der Waals surface area contributed by atoms with Crippen LogP contribution in [0, 0.1) is 6.92 Å². The van der Waals surface area contributed by atoms with Gasteiger partial charge in [0.1, 0.15) is 5.82 Å².